The Morgan fingerprint density at radius 2 is 1.74 bits per heavy atom. The second kappa shape index (κ2) is 5.39. The Hall–Kier alpha value is -0.640. The number of alkyl halides is 2. The minimum atomic E-state index is -2.41. The zero-order chi connectivity index (χ0) is 13.3. The van der Waals surface area contributed by atoms with Crippen LogP contribution in [0.15, 0.2) is 11.8 Å². The Morgan fingerprint density at radius 1 is 1.05 bits per heavy atom. The summed E-state index contributed by atoms with van der Waals surface area (Å²) in [6, 6.07) is 0.502. The van der Waals surface area contributed by atoms with Crippen LogP contribution in [0, 0.1) is 0 Å². The number of halogens is 2. The van der Waals surface area contributed by atoms with Gasteiger partial charge in [-0.05, 0) is 32.1 Å². The van der Waals surface area contributed by atoms with Crippen LogP contribution in [0.4, 0.5) is 8.78 Å². The summed E-state index contributed by atoms with van der Waals surface area (Å²) in [5.74, 6) is -2.41. The number of likely N-dealkylation sites (tertiary alicyclic amines) is 2. The first-order valence-corrected chi connectivity index (χ1v) is 7.70. The molecule has 0 aromatic rings. The van der Waals surface area contributed by atoms with Crippen LogP contribution >= 0.6 is 0 Å². The molecule has 1 atom stereocenters. The monoisotopic (exact) mass is 270 g/mol. The Kier molecular flexibility index (Phi) is 3.79. The lowest BCUT2D eigenvalue weighted by Crippen LogP contribution is -2.45. The molecule has 3 aliphatic rings. The molecule has 2 aliphatic heterocycles. The predicted octanol–water partition coefficient (Wildman–Crippen LogP) is 3.25. The van der Waals surface area contributed by atoms with Gasteiger partial charge in [0.15, 0.2) is 0 Å². The van der Waals surface area contributed by atoms with Crippen LogP contribution in [0.5, 0.6) is 0 Å². The average molecular weight is 270 g/mol. The van der Waals surface area contributed by atoms with Crippen molar-refractivity contribution < 1.29 is 8.78 Å². The first-order valence-electron chi connectivity index (χ1n) is 7.70. The first-order chi connectivity index (χ1) is 9.14. The van der Waals surface area contributed by atoms with Gasteiger partial charge in [-0.15, -0.1) is 0 Å². The SMILES string of the molecule is FC1(F)CCN(C2CC=C(N3CCCC3)CC2)CC1. The third-order valence-electron chi connectivity index (χ3n) is 4.92. The van der Waals surface area contributed by atoms with Crippen LogP contribution in [-0.2, 0) is 0 Å². The van der Waals surface area contributed by atoms with E-state index in [1.165, 1.54) is 31.6 Å². The molecule has 0 saturated carbocycles. The minimum absolute atomic E-state index is 0.0478. The number of piperidine rings is 1. The number of rotatable bonds is 2. The van der Waals surface area contributed by atoms with Crippen LogP contribution < -0.4 is 0 Å². The number of allylic oxidation sites excluding steroid dienone is 1. The third kappa shape index (κ3) is 3.10. The molecule has 4 heteroatoms. The zero-order valence-corrected chi connectivity index (χ0v) is 11.6. The highest BCUT2D eigenvalue weighted by atomic mass is 19.3. The van der Waals surface area contributed by atoms with E-state index in [-0.39, 0.29) is 12.8 Å². The van der Waals surface area contributed by atoms with E-state index < -0.39 is 5.92 Å². The van der Waals surface area contributed by atoms with Crippen molar-refractivity contribution >= 4 is 0 Å². The lowest BCUT2D eigenvalue weighted by atomic mass is 9.94. The Morgan fingerprint density at radius 3 is 2.32 bits per heavy atom. The predicted molar refractivity (Wildman–Crippen MR) is 72.3 cm³/mol. The molecule has 1 unspecified atom stereocenters. The van der Waals surface area contributed by atoms with E-state index in [4.69, 9.17) is 0 Å². The maximum atomic E-state index is 13.2. The van der Waals surface area contributed by atoms with Crippen molar-refractivity contribution in [3.05, 3.63) is 11.8 Å². The van der Waals surface area contributed by atoms with Crippen molar-refractivity contribution in [3.8, 4) is 0 Å². The van der Waals surface area contributed by atoms with Crippen LogP contribution in [0.25, 0.3) is 0 Å². The van der Waals surface area contributed by atoms with Gasteiger partial charge >= 0.3 is 0 Å². The van der Waals surface area contributed by atoms with Gasteiger partial charge in [0.25, 0.3) is 5.92 Å². The molecule has 0 radical (unpaired) electrons. The molecule has 2 heterocycles. The molecule has 2 saturated heterocycles. The molecule has 19 heavy (non-hydrogen) atoms. The molecular weight excluding hydrogens is 246 g/mol. The van der Waals surface area contributed by atoms with Gasteiger partial charge in [0.2, 0.25) is 0 Å². The van der Waals surface area contributed by atoms with Crippen molar-refractivity contribution in [3.63, 3.8) is 0 Å². The maximum Gasteiger partial charge on any atom is 0.250 e. The molecule has 2 fully saturated rings. The third-order valence-corrected chi connectivity index (χ3v) is 4.92. The van der Waals surface area contributed by atoms with Crippen molar-refractivity contribution in [1.29, 1.82) is 0 Å². The highest BCUT2D eigenvalue weighted by Crippen LogP contribution is 2.32. The summed E-state index contributed by atoms with van der Waals surface area (Å²) < 4.78 is 26.3. The first kappa shape index (κ1) is 13.3. The molecule has 0 spiro atoms. The second-order valence-corrected chi connectivity index (χ2v) is 6.21. The van der Waals surface area contributed by atoms with E-state index in [1.807, 2.05) is 0 Å². The van der Waals surface area contributed by atoms with Crippen molar-refractivity contribution in [2.75, 3.05) is 26.2 Å². The Balaban J connectivity index is 1.52. The standard InChI is InChI=1S/C15H24F2N2/c16-15(17)7-11-19(12-8-15)14-5-3-13(4-6-14)18-9-1-2-10-18/h3,14H,1-2,4-12H2. The summed E-state index contributed by atoms with van der Waals surface area (Å²) in [7, 11) is 0. The Labute approximate surface area is 114 Å². The van der Waals surface area contributed by atoms with Gasteiger partial charge in [0, 0.05) is 50.8 Å². The summed E-state index contributed by atoms with van der Waals surface area (Å²) >= 11 is 0. The minimum Gasteiger partial charge on any atom is -0.375 e. The van der Waals surface area contributed by atoms with E-state index in [0.29, 0.717) is 19.1 Å². The van der Waals surface area contributed by atoms with E-state index in [9.17, 15) is 8.78 Å². The van der Waals surface area contributed by atoms with Gasteiger partial charge in [0.05, 0.1) is 0 Å². The van der Waals surface area contributed by atoms with E-state index in [0.717, 1.165) is 19.3 Å². The highest BCUT2D eigenvalue weighted by Gasteiger charge is 2.36. The quantitative estimate of drug-likeness (QED) is 0.760. The van der Waals surface area contributed by atoms with E-state index in [2.05, 4.69) is 15.9 Å². The van der Waals surface area contributed by atoms with Crippen LogP contribution in [0.1, 0.15) is 44.9 Å². The smallest absolute Gasteiger partial charge is 0.250 e. The molecule has 0 aromatic heterocycles. The van der Waals surface area contributed by atoms with Gasteiger partial charge in [0.1, 0.15) is 0 Å². The largest absolute Gasteiger partial charge is 0.375 e. The molecule has 3 rings (SSSR count). The van der Waals surface area contributed by atoms with Gasteiger partial charge in [-0.2, -0.15) is 0 Å². The van der Waals surface area contributed by atoms with Crippen molar-refractivity contribution in [2.45, 2.75) is 56.9 Å². The molecule has 0 bridgehead atoms. The summed E-state index contributed by atoms with van der Waals surface area (Å²) in [6.45, 7) is 3.58. The second-order valence-electron chi connectivity index (χ2n) is 6.21. The number of hydrogen-bond acceptors (Lipinski definition) is 2. The van der Waals surface area contributed by atoms with Crippen LogP contribution in [0.3, 0.4) is 0 Å². The molecule has 0 amide bonds. The molecule has 108 valence electrons. The van der Waals surface area contributed by atoms with Gasteiger partial charge in [-0.1, -0.05) is 6.08 Å². The average Bonchev–Trinajstić information content (AvgIpc) is 2.93. The number of hydrogen-bond donors (Lipinski definition) is 0. The van der Waals surface area contributed by atoms with Crippen molar-refractivity contribution in [1.82, 2.24) is 9.80 Å². The molecule has 0 N–H and O–H groups in total. The van der Waals surface area contributed by atoms with Crippen LogP contribution in [0.2, 0.25) is 0 Å². The van der Waals surface area contributed by atoms with E-state index >= 15 is 0 Å². The normalized spacial score (nSPS) is 32.4. The molecule has 1 aliphatic carbocycles. The fourth-order valence-corrected chi connectivity index (χ4v) is 3.65. The lowest BCUT2D eigenvalue weighted by molar-refractivity contribution is -0.0638. The fourth-order valence-electron chi connectivity index (χ4n) is 3.65. The summed E-state index contributed by atoms with van der Waals surface area (Å²) in [6.07, 6.45) is 8.44. The van der Waals surface area contributed by atoms with Gasteiger partial charge in [-0.25, -0.2) is 8.78 Å². The summed E-state index contributed by atoms with van der Waals surface area (Å²) in [5, 5.41) is 0. The Bertz CT molecular complexity index is 338. The molecular formula is C15H24F2N2. The number of nitrogens with zero attached hydrogens (tertiary/aromatic N) is 2. The maximum absolute atomic E-state index is 13.2. The fraction of sp³-hybridized carbons (Fsp3) is 0.867. The summed E-state index contributed by atoms with van der Waals surface area (Å²) in [4.78, 5) is 4.80. The lowest BCUT2D eigenvalue weighted by Gasteiger charge is -2.39. The highest BCUT2D eigenvalue weighted by molar-refractivity contribution is 5.08. The molecule has 2 nitrogen and oxygen atoms in total. The van der Waals surface area contributed by atoms with E-state index in [1.54, 1.807) is 0 Å². The summed E-state index contributed by atoms with van der Waals surface area (Å²) in [5.41, 5.74) is 1.51. The van der Waals surface area contributed by atoms with Crippen LogP contribution in [-0.4, -0.2) is 47.9 Å². The topological polar surface area (TPSA) is 6.48 Å². The molecule has 0 aromatic carbocycles. The zero-order valence-electron chi connectivity index (χ0n) is 11.6. The van der Waals surface area contributed by atoms with Crippen molar-refractivity contribution in [2.24, 2.45) is 0 Å². The van der Waals surface area contributed by atoms with Gasteiger partial charge in [-0.3, -0.25) is 4.90 Å². The van der Waals surface area contributed by atoms with Gasteiger partial charge < -0.3 is 4.90 Å².